The van der Waals surface area contributed by atoms with Crippen LogP contribution < -0.4 is 0 Å². The Morgan fingerprint density at radius 2 is 2.00 bits per heavy atom. The summed E-state index contributed by atoms with van der Waals surface area (Å²) in [6.45, 7) is 0. The van der Waals surface area contributed by atoms with Crippen LogP contribution in [-0.4, -0.2) is 14.8 Å². The Labute approximate surface area is 139 Å². The van der Waals surface area contributed by atoms with Crippen molar-refractivity contribution in [3.05, 3.63) is 45.1 Å². The van der Waals surface area contributed by atoms with Crippen molar-refractivity contribution >= 4 is 22.9 Å². The maximum Gasteiger partial charge on any atom is 0.148 e. The quantitative estimate of drug-likeness (QED) is 0.750. The molecule has 0 saturated heterocycles. The second kappa shape index (κ2) is 4.68. The van der Waals surface area contributed by atoms with Crippen molar-refractivity contribution in [1.82, 2.24) is 14.8 Å². The molecule has 1 unspecified atom stereocenters. The summed E-state index contributed by atoms with van der Waals surface area (Å²) in [5.41, 5.74) is -0.0879. The molecule has 2 saturated carbocycles. The van der Waals surface area contributed by atoms with Crippen LogP contribution in [0.15, 0.2) is 24.3 Å². The molecule has 0 spiro atoms. The number of aromatic nitrogens is 3. The summed E-state index contributed by atoms with van der Waals surface area (Å²) in [5.74, 6) is 3.03. The number of nitrogens with zero attached hydrogens (tertiary/aromatic N) is 3. The summed E-state index contributed by atoms with van der Waals surface area (Å²) in [4.78, 5) is 1.30. The van der Waals surface area contributed by atoms with Crippen molar-refractivity contribution in [3.63, 3.8) is 0 Å². The highest BCUT2D eigenvalue weighted by Gasteiger charge is 2.45. The maximum atomic E-state index is 6.19. The van der Waals surface area contributed by atoms with Crippen LogP contribution in [0.1, 0.15) is 67.0 Å². The van der Waals surface area contributed by atoms with Crippen LogP contribution in [0.25, 0.3) is 0 Å². The molecular formula is C17H18ClN3S. The lowest BCUT2D eigenvalue weighted by Gasteiger charge is -2.35. The first kappa shape index (κ1) is 13.3. The van der Waals surface area contributed by atoms with E-state index in [0.717, 1.165) is 16.6 Å². The van der Waals surface area contributed by atoms with Gasteiger partial charge in [0.15, 0.2) is 0 Å². The lowest BCUT2D eigenvalue weighted by molar-refractivity contribution is 0.381. The Balaban J connectivity index is 1.65. The summed E-state index contributed by atoms with van der Waals surface area (Å²) in [6, 6.07) is 4.79. The fourth-order valence-corrected chi connectivity index (χ4v) is 4.83. The van der Waals surface area contributed by atoms with E-state index in [0.29, 0.717) is 12.0 Å². The summed E-state index contributed by atoms with van der Waals surface area (Å²) in [7, 11) is 0. The summed E-state index contributed by atoms with van der Waals surface area (Å²) in [6.07, 6.45) is 12.0. The summed E-state index contributed by atoms with van der Waals surface area (Å²) in [5, 5.41) is 9.32. The number of allylic oxidation sites excluding steroid dienone is 2. The van der Waals surface area contributed by atoms with Crippen LogP contribution >= 0.6 is 22.9 Å². The smallest absolute Gasteiger partial charge is 0.148 e. The van der Waals surface area contributed by atoms with E-state index in [9.17, 15) is 0 Å². The van der Waals surface area contributed by atoms with Crippen LogP contribution in [0.3, 0.4) is 0 Å². The normalized spacial score (nSPS) is 27.7. The van der Waals surface area contributed by atoms with Crippen LogP contribution in [0.4, 0.5) is 0 Å². The van der Waals surface area contributed by atoms with E-state index in [2.05, 4.69) is 33.0 Å². The molecule has 5 heteroatoms. The SMILES string of the molecule is Clc1ccc(C2(c3nnc(C4CCC4)n3C3CC3)C=CC2)s1. The Morgan fingerprint density at radius 3 is 2.50 bits per heavy atom. The third kappa shape index (κ3) is 1.80. The fraction of sp³-hybridized carbons (Fsp3) is 0.529. The molecule has 0 N–H and O–H groups in total. The molecule has 3 aliphatic rings. The molecule has 1 atom stereocenters. The molecule has 0 amide bonds. The largest absolute Gasteiger partial charge is 0.311 e. The highest BCUT2D eigenvalue weighted by molar-refractivity contribution is 7.16. The predicted octanol–water partition coefficient (Wildman–Crippen LogP) is 4.84. The van der Waals surface area contributed by atoms with Gasteiger partial charge < -0.3 is 4.57 Å². The average molecular weight is 332 g/mol. The summed E-state index contributed by atoms with van der Waals surface area (Å²) < 4.78 is 3.34. The lowest BCUT2D eigenvalue weighted by atomic mass is 9.74. The van der Waals surface area contributed by atoms with Crippen LogP contribution in [0, 0.1) is 0 Å². The van der Waals surface area contributed by atoms with E-state index < -0.39 is 0 Å². The second-order valence-corrected chi connectivity index (χ2v) is 8.51. The molecule has 3 nitrogen and oxygen atoms in total. The topological polar surface area (TPSA) is 30.7 Å². The third-order valence-corrected chi connectivity index (χ3v) is 6.77. The first-order valence-electron chi connectivity index (χ1n) is 8.17. The van der Waals surface area contributed by atoms with E-state index >= 15 is 0 Å². The molecule has 0 radical (unpaired) electrons. The van der Waals surface area contributed by atoms with Gasteiger partial charge >= 0.3 is 0 Å². The van der Waals surface area contributed by atoms with Gasteiger partial charge in [-0.15, -0.1) is 21.5 Å². The van der Waals surface area contributed by atoms with Crippen LogP contribution in [0.5, 0.6) is 0 Å². The van der Waals surface area contributed by atoms with Crippen molar-refractivity contribution in [2.45, 2.75) is 55.9 Å². The minimum atomic E-state index is -0.0879. The number of halogens is 1. The molecule has 2 aromatic heterocycles. The van der Waals surface area contributed by atoms with Gasteiger partial charge in [0.25, 0.3) is 0 Å². The number of hydrogen-bond donors (Lipinski definition) is 0. The van der Waals surface area contributed by atoms with Crippen molar-refractivity contribution in [2.24, 2.45) is 0 Å². The zero-order chi connectivity index (χ0) is 14.7. The summed E-state index contributed by atoms with van der Waals surface area (Å²) >= 11 is 7.87. The number of thiophene rings is 1. The first-order valence-corrected chi connectivity index (χ1v) is 9.36. The monoisotopic (exact) mass is 331 g/mol. The van der Waals surface area contributed by atoms with Crippen molar-refractivity contribution < 1.29 is 0 Å². The number of rotatable bonds is 4. The van der Waals surface area contributed by atoms with E-state index in [1.807, 2.05) is 6.07 Å². The molecule has 2 aromatic rings. The second-order valence-electron chi connectivity index (χ2n) is 6.79. The van der Waals surface area contributed by atoms with Gasteiger partial charge in [0.2, 0.25) is 0 Å². The van der Waals surface area contributed by atoms with Gasteiger partial charge in [-0.25, -0.2) is 0 Å². The Morgan fingerprint density at radius 1 is 1.18 bits per heavy atom. The number of hydrogen-bond acceptors (Lipinski definition) is 3. The zero-order valence-corrected chi connectivity index (χ0v) is 13.9. The van der Waals surface area contributed by atoms with E-state index in [-0.39, 0.29) is 5.41 Å². The standard InChI is InChI=1S/C17H18ClN3S/c18-14-8-7-13(22-14)17(9-2-10-17)16-20-19-15(11-3-1-4-11)21(16)12-5-6-12/h2,7-9,11-12H,1,3-6,10H2. The molecule has 2 heterocycles. The fourth-order valence-electron chi connectivity index (χ4n) is 3.61. The van der Waals surface area contributed by atoms with Gasteiger partial charge in [-0.1, -0.05) is 30.2 Å². The lowest BCUT2D eigenvalue weighted by Crippen LogP contribution is -2.33. The van der Waals surface area contributed by atoms with E-state index in [1.165, 1.54) is 42.8 Å². The molecule has 22 heavy (non-hydrogen) atoms. The van der Waals surface area contributed by atoms with Crippen molar-refractivity contribution in [1.29, 1.82) is 0 Å². The molecule has 0 bridgehead atoms. The Bertz CT molecular complexity index is 754. The third-order valence-electron chi connectivity index (χ3n) is 5.36. The molecular weight excluding hydrogens is 314 g/mol. The highest BCUT2D eigenvalue weighted by atomic mass is 35.5. The average Bonchev–Trinajstić information content (AvgIpc) is 3.01. The molecule has 0 aromatic carbocycles. The molecule has 5 rings (SSSR count). The highest BCUT2D eigenvalue weighted by Crippen LogP contribution is 2.50. The van der Waals surface area contributed by atoms with Gasteiger partial charge in [0.05, 0.1) is 9.75 Å². The van der Waals surface area contributed by atoms with Gasteiger partial charge in [0.1, 0.15) is 11.6 Å². The predicted molar refractivity (Wildman–Crippen MR) is 88.8 cm³/mol. The van der Waals surface area contributed by atoms with E-state index in [4.69, 9.17) is 11.6 Å². The van der Waals surface area contributed by atoms with Crippen molar-refractivity contribution in [2.75, 3.05) is 0 Å². The molecule has 114 valence electrons. The molecule has 2 fully saturated rings. The van der Waals surface area contributed by atoms with Crippen molar-refractivity contribution in [3.8, 4) is 0 Å². The minimum absolute atomic E-state index is 0.0879. The van der Waals surface area contributed by atoms with E-state index in [1.54, 1.807) is 11.3 Å². The van der Waals surface area contributed by atoms with Gasteiger partial charge in [-0.3, -0.25) is 0 Å². The Kier molecular flexibility index (Phi) is 2.84. The molecule has 3 aliphatic carbocycles. The Hall–Kier alpha value is -1.13. The van der Waals surface area contributed by atoms with Gasteiger partial charge in [-0.05, 0) is 44.2 Å². The first-order chi connectivity index (χ1) is 10.8. The van der Waals surface area contributed by atoms with Crippen LogP contribution in [0.2, 0.25) is 4.34 Å². The van der Waals surface area contributed by atoms with Crippen LogP contribution in [-0.2, 0) is 5.41 Å². The maximum absolute atomic E-state index is 6.19. The van der Waals surface area contributed by atoms with Gasteiger partial charge in [-0.2, -0.15) is 0 Å². The minimum Gasteiger partial charge on any atom is -0.311 e. The molecule has 0 aliphatic heterocycles. The zero-order valence-electron chi connectivity index (χ0n) is 12.3. The van der Waals surface area contributed by atoms with Gasteiger partial charge in [0, 0.05) is 16.8 Å².